The molecule has 1 atom stereocenters. The molecule has 0 aromatic carbocycles. The van der Waals surface area contributed by atoms with Crippen LogP contribution in [-0.2, 0) is 9.59 Å². The third-order valence-electron chi connectivity index (χ3n) is 4.28. The SMILES string of the molecule is CCCN1C(=O)C[C@@H]([NH+]2CC[NH+](CC)CC2)C1=O. The molecule has 0 spiro atoms. The second kappa shape index (κ2) is 5.80. The van der Waals surface area contributed by atoms with Crippen molar-refractivity contribution in [3.05, 3.63) is 0 Å². The Morgan fingerprint density at radius 2 is 1.83 bits per heavy atom. The monoisotopic (exact) mass is 255 g/mol. The smallest absolute Gasteiger partial charge is 0.288 e. The number of quaternary nitrogens is 2. The Kier molecular flexibility index (Phi) is 4.35. The number of likely N-dealkylation sites (N-methyl/N-ethyl adjacent to an activating group) is 1. The van der Waals surface area contributed by atoms with Crippen molar-refractivity contribution < 1.29 is 19.4 Å². The summed E-state index contributed by atoms with van der Waals surface area (Å²) >= 11 is 0. The maximum Gasteiger partial charge on any atom is 0.288 e. The molecule has 2 fully saturated rings. The van der Waals surface area contributed by atoms with Gasteiger partial charge in [0.15, 0.2) is 6.04 Å². The summed E-state index contributed by atoms with van der Waals surface area (Å²) in [7, 11) is 0. The van der Waals surface area contributed by atoms with Crippen LogP contribution in [0.15, 0.2) is 0 Å². The van der Waals surface area contributed by atoms with Crippen molar-refractivity contribution in [2.75, 3.05) is 39.3 Å². The molecule has 0 saturated carbocycles. The van der Waals surface area contributed by atoms with Crippen molar-refractivity contribution in [3.63, 3.8) is 0 Å². The largest absolute Gasteiger partial charge is 0.326 e. The molecular weight excluding hydrogens is 230 g/mol. The molecule has 2 aliphatic rings. The number of carbonyl (C=O) groups excluding carboxylic acids is 2. The average Bonchev–Trinajstić information content (AvgIpc) is 2.67. The van der Waals surface area contributed by atoms with Gasteiger partial charge in [0.25, 0.3) is 5.91 Å². The van der Waals surface area contributed by atoms with Gasteiger partial charge in [0.05, 0.1) is 13.0 Å². The highest BCUT2D eigenvalue weighted by molar-refractivity contribution is 6.04. The predicted molar refractivity (Wildman–Crippen MR) is 67.4 cm³/mol. The molecule has 0 aromatic rings. The summed E-state index contributed by atoms with van der Waals surface area (Å²) in [5.41, 5.74) is 0. The van der Waals surface area contributed by atoms with E-state index < -0.39 is 0 Å². The number of nitrogens with one attached hydrogen (secondary N) is 2. The second-order valence-corrected chi connectivity index (χ2v) is 5.40. The van der Waals surface area contributed by atoms with Crippen LogP contribution in [0.4, 0.5) is 0 Å². The van der Waals surface area contributed by atoms with Gasteiger partial charge in [-0.25, -0.2) is 0 Å². The van der Waals surface area contributed by atoms with E-state index in [1.807, 2.05) is 6.92 Å². The highest BCUT2D eigenvalue weighted by Crippen LogP contribution is 2.11. The molecule has 5 nitrogen and oxygen atoms in total. The fraction of sp³-hybridized carbons (Fsp3) is 0.846. The van der Waals surface area contributed by atoms with Crippen LogP contribution >= 0.6 is 0 Å². The van der Waals surface area contributed by atoms with Crippen molar-refractivity contribution in [1.82, 2.24) is 4.90 Å². The second-order valence-electron chi connectivity index (χ2n) is 5.40. The molecule has 2 heterocycles. The van der Waals surface area contributed by atoms with E-state index in [2.05, 4.69) is 6.92 Å². The highest BCUT2D eigenvalue weighted by Gasteiger charge is 2.45. The van der Waals surface area contributed by atoms with Crippen LogP contribution in [0.2, 0.25) is 0 Å². The number of hydrogen-bond acceptors (Lipinski definition) is 2. The number of carbonyl (C=O) groups is 2. The molecule has 0 radical (unpaired) electrons. The molecule has 2 amide bonds. The first-order valence-electron chi connectivity index (χ1n) is 7.19. The number of hydrogen-bond donors (Lipinski definition) is 2. The van der Waals surface area contributed by atoms with E-state index in [0.29, 0.717) is 13.0 Å². The predicted octanol–water partition coefficient (Wildman–Crippen LogP) is -2.67. The van der Waals surface area contributed by atoms with Crippen LogP contribution in [0, 0.1) is 0 Å². The third-order valence-corrected chi connectivity index (χ3v) is 4.28. The van der Waals surface area contributed by atoms with E-state index in [9.17, 15) is 9.59 Å². The molecule has 0 aromatic heterocycles. The minimum absolute atomic E-state index is 0.0321. The number of rotatable bonds is 4. The van der Waals surface area contributed by atoms with Crippen molar-refractivity contribution in [3.8, 4) is 0 Å². The van der Waals surface area contributed by atoms with Crippen molar-refractivity contribution in [2.24, 2.45) is 0 Å². The first-order valence-corrected chi connectivity index (χ1v) is 7.19. The molecule has 2 saturated heterocycles. The van der Waals surface area contributed by atoms with Gasteiger partial charge in [0, 0.05) is 6.54 Å². The van der Waals surface area contributed by atoms with E-state index in [4.69, 9.17) is 0 Å². The van der Waals surface area contributed by atoms with E-state index in [1.165, 1.54) is 9.80 Å². The first-order chi connectivity index (χ1) is 8.67. The van der Waals surface area contributed by atoms with Crippen LogP contribution in [0.1, 0.15) is 26.7 Å². The number of imide groups is 1. The van der Waals surface area contributed by atoms with Gasteiger partial charge in [-0.15, -0.1) is 0 Å². The summed E-state index contributed by atoms with van der Waals surface area (Å²) in [5.74, 6) is 0.0985. The van der Waals surface area contributed by atoms with Gasteiger partial charge in [-0.3, -0.25) is 14.5 Å². The van der Waals surface area contributed by atoms with E-state index in [1.54, 1.807) is 4.90 Å². The number of nitrogens with zero attached hydrogens (tertiary/aromatic N) is 1. The number of amides is 2. The summed E-state index contributed by atoms with van der Waals surface area (Å²) < 4.78 is 0. The van der Waals surface area contributed by atoms with Crippen LogP contribution < -0.4 is 9.80 Å². The van der Waals surface area contributed by atoms with Gasteiger partial charge in [-0.1, -0.05) is 6.92 Å². The van der Waals surface area contributed by atoms with Gasteiger partial charge >= 0.3 is 0 Å². The third kappa shape index (κ3) is 2.57. The molecule has 0 aliphatic carbocycles. The molecule has 0 bridgehead atoms. The lowest BCUT2D eigenvalue weighted by Crippen LogP contribution is -3.29. The van der Waals surface area contributed by atoms with Crippen LogP contribution in [0.25, 0.3) is 0 Å². The summed E-state index contributed by atoms with van der Waals surface area (Å²) in [6, 6.07) is -0.0949. The molecule has 2 N–H and O–H groups in total. The van der Waals surface area contributed by atoms with Gasteiger partial charge in [-0.05, 0) is 13.3 Å². The maximum atomic E-state index is 12.2. The lowest BCUT2D eigenvalue weighted by molar-refractivity contribution is -1.02. The molecule has 5 heteroatoms. The topological polar surface area (TPSA) is 46.3 Å². The van der Waals surface area contributed by atoms with E-state index in [0.717, 1.165) is 39.1 Å². The van der Waals surface area contributed by atoms with Gasteiger partial charge in [0.2, 0.25) is 5.91 Å². The molecule has 102 valence electrons. The van der Waals surface area contributed by atoms with Crippen molar-refractivity contribution in [2.45, 2.75) is 32.7 Å². The van der Waals surface area contributed by atoms with Crippen molar-refractivity contribution in [1.29, 1.82) is 0 Å². The zero-order valence-electron chi connectivity index (χ0n) is 11.5. The Morgan fingerprint density at radius 3 is 2.39 bits per heavy atom. The lowest BCUT2D eigenvalue weighted by atomic mass is 10.2. The Balaban J connectivity index is 1.95. The first kappa shape index (κ1) is 13.5. The molecule has 2 rings (SSSR count). The normalized spacial score (nSPS) is 33.2. The average molecular weight is 255 g/mol. The fourth-order valence-corrected chi connectivity index (χ4v) is 3.09. The maximum absolute atomic E-state index is 12.2. The fourth-order valence-electron chi connectivity index (χ4n) is 3.09. The minimum atomic E-state index is -0.0949. The molecule has 0 unspecified atom stereocenters. The Bertz CT molecular complexity index is 324. The summed E-state index contributed by atoms with van der Waals surface area (Å²) in [5, 5.41) is 0. The Hall–Kier alpha value is -0.940. The van der Waals surface area contributed by atoms with Crippen molar-refractivity contribution >= 4 is 11.8 Å². The highest BCUT2D eigenvalue weighted by atomic mass is 16.2. The Morgan fingerprint density at radius 1 is 1.17 bits per heavy atom. The number of piperazine rings is 1. The van der Waals surface area contributed by atoms with Crippen LogP contribution in [-0.4, -0.2) is 62.0 Å². The van der Waals surface area contributed by atoms with Gasteiger partial charge in [-0.2, -0.15) is 0 Å². The summed E-state index contributed by atoms with van der Waals surface area (Å²) in [6.07, 6.45) is 1.28. The lowest BCUT2D eigenvalue weighted by Gasteiger charge is -2.31. The van der Waals surface area contributed by atoms with E-state index >= 15 is 0 Å². The summed E-state index contributed by atoms with van der Waals surface area (Å²) in [6.45, 7) is 10.2. The number of likely N-dealkylation sites (tertiary alicyclic amines) is 1. The van der Waals surface area contributed by atoms with Gasteiger partial charge < -0.3 is 9.80 Å². The van der Waals surface area contributed by atoms with Gasteiger partial charge in [0.1, 0.15) is 26.2 Å². The quantitative estimate of drug-likeness (QED) is 0.538. The zero-order chi connectivity index (χ0) is 13.1. The van der Waals surface area contributed by atoms with E-state index in [-0.39, 0.29) is 17.9 Å². The van der Waals surface area contributed by atoms with Crippen LogP contribution in [0.3, 0.4) is 0 Å². The molecule has 2 aliphatic heterocycles. The standard InChI is InChI=1S/C13H23N3O2/c1-3-5-16-12(17)10-11(13(16)18)15-8-6-14(4-2)7-9-15/h11H,3-10H2,1-2H3/p+2/t11-/m1/s1. The summed E-state index contributed by atoms with van der Waals surface area (Å²) in [4.78, 5) is 28.5. The minimum Gasteiger partial charge on any atom is -0.326 e. The van der Waals surface area contributed by atoms with Crippen LogP contribution in [0.5, 0.6) is 0 Å². The Labute approximate surface area is 109 Å². The zero-order valence-corrected chi connectivity index (χ0v) is 11.5. The molecular formula is C13H25N3O2+2. The molecule has 18 heavy (non-hydrogen) atoms.